The Morgan fingerprint density at radius 2 is 2.06 bits per heavy atom. The highest BCUT2D eigenvalue weighted by Gasteiger charge is 2.09. The Hall–Kier alpha value is -0.600. The Bertz CT molecular complexity index is 341. The molecule has 0 aliphatic rings. The van der Waals surface area contributed by atoms with Crippen LogP contribution in [0.5, 0.6) is 0 Å². The average Bonchev–Trinajstić information content (AvgIpc) is 2.29. The van der Waals surface area contributed by atoms with Crippen LogP contribution < -0.4 is 5.32 Å². The van der Waals surface area contributed by atoms with Crippen molar-refractivity contribution in [2.75, 3.05) is 0 Å². The van der Waals surface area contributed by atoms with Crippen LogP contribution in [0.4, 0.5) is 4.39 Å². The molecule has 2 unspecified atom stereocenters. The van der Waals surface area contributed by atoms with E-state index in [-0.39, 0.29) is 10.8 Å². The van der Waals surface area contributed by atoms with Gasteiger partial charge in [0.1, 0.15) is 5.82 Å². The summed E-state index contributed by atoms with van der Waals surface area (Å²) in [7, 11) is 0. The van der Waals surface area contributed by atoms with Crippen molar-refractivity contribution in [1.82, 2.24) is 5.32 Å². The largest absolute Gasteiger partial charge is 0.310 e. The average molecular weight is 244 g/mol. The van der Waals surface area contributed by atoms with Gasteiger partial charge in [-0.2, -0.15) is 0 Å². The molecule has 0 spiro atoms. The number of rotatable bonds is 5. The van der Waals surface area contributed by atoms with E-state index in [2.05, 4.69) is 26.1 Å². The molecule has 0 bridgehead atoms. The van der Waals surface area contributed by atoms with E-state index in [0.717, 1.165) is 18.5 Å². The van der Waals surface area contributed by atoms with Crippen molar-refractivity contribution in [2.45, 2.75) is 39.8 Å². The standard InChI is InChI=1S/C13H19ClFN/c1-4-9(2)10(3)16-8-11-5-6-13(15)12(14)7-11/h5-7,9-10,16H,4,8H2,1-3H3. The van der Waals surface area contributed by atoms with E-state index in [1.54, 1.807) is 12.1 Å². The molecule has 0 heterocycles. The molecule has 1 N–H and O–H groups in total. The van der Waals surface area contributed by atoms with Crippen LogP contribution in [0.1, 0.15) is 32.8 Å². The monoisotopic (exact) mass is 243 g/mol. The van der Waals surface area contributed by atoms with E-state index in [0.29, 0.717) is 12.0 Å². The van der Waals surface area contributed by atoms with Gasteiger partial charge in [-0.15, -0.1) is 0 Å². The first-order chi connectivity index (χ1) is 7.54. The molecule has 0 saturated heterocycles. The van der Waals surface area contributed by atoms with Crippen LogP contribution in [0, 0.1) is 11.7 Å². The lowest BCUT2D eigenvalue weighted by molar-refractivity contribution is 0.389. The van der Waals surface area contributed by atoms with Crippen molar-refractivity contribution in [1.29, 1.82) is 0 Å². The molecule has 0 aromatic heterocycles. The molecule has 3 heteroatoms. The molecule has 0 radical (unpaired) electrons. The first kappa shape index (κ1) is 13.5. The summed E-state index contributed by atoms with van der Waals surface area (Å²) in [5, 5.41) is 3.61. The summed E-state index contributed by atoms with van der Waals surface area (Å²) in [6, 6.07) is 5.30. The van der Waals surface area contributed by atoms with Gasteiger partial charge < -0.3 is 5.32 Å². The third-order valence-corrected chi connectivity index (χ3v) is 3.40. The minimum absolute atomic E-state index is 0.190. The summed E-state index contributed by atoms with van der Waals surface area (Å²) >= 11 is 5.72. The first-order valence-corrected chi connectivity index (χ1v) is 6.09. The second-order valence-corrected chi connectivity index (χ2v) is 4.71. The van der Waals surface area contributed by atoms with Crippen molar-refractivity contribution in [3.63, 3.8) is 0 Å². The number of benzene rings is 1. The molecule has 1 nitrogen and oxygen atoms in total. The molecule has 1 aromatic carbocycles. The van der Waals surface area contributed by atoms with Crippen LogP contribution in [0.2, 0.25) is 5.02 Å². The third kappa shape index (κ3) is 3.76. The lowest BCUT2D eigenvalue weighted by Crippen LogP contribution is -2.31. The number of nitrogens with one attached hydrogen (secondary N) is 1. The zero-order chi connectivity index (χ0) is 12.1. The van der Waals surface area contributed by atoms with Gasteiger partial charge in [0.15, 0.2) is 0 Å². The van der Waals surface area contributed by atoms with Gasteiger partial charge in [0.05, 0.1) is 5.02 Å². The Morgan fingerprint density at radius 1 is 1.38 bits per heavy atom. The van der Waals surface area contributed by atoms with Crippen LogP contribution >= 0.6 is 11.6 Å². The fourth-order valence-electron chi connectivity index (χ4n) is 1.48. The second kappa shape index (κ2) is 6.21. The van der Waals surface area contributed by atoms with Crippen molar-refractivity contribution in [3.8, 4) is 0 Å². The number of halogens is 2. The van der Waals surface area contributed by atoms with E-state index in [4.69, 9.17) is 11.6 Å². The molecule has 2 atom stereocenters. The SMILES string of the molecule is CCC(C)C(C)NCc1ccc(F)c(Cl)c1. The molecule has 90 valence electrons. The quantitative estimate of drug-likeness (QED) is 0.824. The van der Waals surface area contributed by atoms with E-state index in [1.165, 1.54) is 6.07 Å². The minimum atomic E-state index is -0.361. The first-order valence-electron chi connectivity index (χ1n) is 5.72. The van der Waals surface area contributed by atoms with Crippen LogP contribution in [0.25, 0.3) is 0 Å². The summed E-state index contributed by atoms with van der Waals surface area (Å²) in [5.74, 6) is 0.274. The topological polar surface area (TPSA) is 12.0 Å². The lowest BCUT2D eigenvalue weighted by atomic mass is 10.0. The Kier molecular flexibility index (Phi) is 5.23. The van der Waals surface area contributed by atoms with Crippen LogP contribution in [-0.2, 0) is 6.54 Å². The summed E-state index contributed by atoms with van der Waals surface area (Å²) in [5.41, 5.74) is 1.02. The molecule has 0 fully saturated rings. The zero-order valence-corrected chi connectivity index (χ0v) is 10.8. The highest BCUT2D eigenvalue weighted by Crippen LogP contribution is 2.16. The van der Waals surface area contributed by atoms with Crippen LogP contribution in [0.15, 0.2) is 18.2 Å². The van der Waals surface area contributed by atoms with Gasteiger partial charge in [-0.05, 0) is 30.5 Å². The lowest BCUT2D eigenvalue weighted by Gasteiger charge is -2.20. The van der Waals surface area contributed by atoms with E-state index >= 15 is 0 Å². The van der Waals surface area contributed by atoms with Crippen LogP contribution in [0.3, 0.4) is 0 Å². The fraction of sp³-hybridized carbons (Fsp3) is 0.538. The predicted octanol–water partition coefficient (Wildman–Crippen LogP) is 4.00. The second-order valence-electron chi connectivity index (χ2n) is 4.30. The highest BCUT2D eigenvalue weighted by atomic mass is 35.5. The van der Waals surface area contributed by atoms with Gasteiger partial charge in [0.2, 0.25) is 0 Å². The van der Waals surface area contributed by atoms with E-state index in [9.17, 15) is 4.39 Å². The van der Waals surface area contributed by atoms with Gasteiger partial charge in [0.25, 0.3) is 0 Å². The molecule has 0 aliphatic carbocycles. The maximum atomic E-state index is 12.9. The minimum Gasteiger partial charge on any atom is -0.310 e. The maximum Gasteiger partial charge on any atom is 0.141 e. The van der Waals surface area contributed by atoms with Crippen molar-refractivity contribution < 1.29 is 4.39 Å². The van der Waals surface area contributed by atoms with Gasteiger partial charge in [-0.25, -0.2) is 4.39 Å². The van der Waals surface area contributed by atoms with Gasteiger partial charge >= 0.3 is 0 Å². The van der Waals surface area contributed by atoms with Crippen molar-refractivity contribution >= 4 is 11.6 Å². The fourth-order valence-corrected chi connectivity index (χ4v) is 1.69. The molecule has 1 rings (SSSR count). The van der Waals surface area contributed by atoms with Crippen molar-refractivity contribution in [3.05, 3.63) is 34.6 Å². The number of hydrogen-bond acceptors (Lipinski definition) is 1. The molecule has 0 saturated carbocycles. The van der Waals surface area contributed by atoms with E-state index < -0.39 is 0 Å². The zero-order valence-electron chi connectivity index (χ0n) is 10.1. The van der Waals surface area contributed by atoms with Gasteiger partial charge in [0, 0.05) is 12.6 Å². The Morgan fingerprint density at radius 3 is 2.62 bits per heavy atom. The molecule has 1 aromatic rings. The molecule has 0 amide bonds. The summed E-state index contributed by atoms with van der Waals surface area (Å²) in [4.78, 5) is 0. The van der Waals surface area contributed by atoms with Crippen LogP contribution in [-0.4, -0.2) is 6.04 Å². The normalized spacial score (nSPS) is 14.8. The van der Waals surface area contributed by atoms with Gasteiger partial charge in [-0.3, -0.25) is 0 Å². The predicted molar refractivity (Wildman–Crippen MR) is 67.2 cm³/mol. The van der Waals surface area contributed by atoms with E-state index in [1.807, 2.05) is 0 Å². The smallest absolute Gasteiger partial charge is 0.141 e. The third-order valence-electron chi connectivity index (χ3n) is 3.11. The molecule has 16 heavy (non-hydrogen) atoms. The molecular weight excluding hydrogens is 225 g/mol. The molecular formula is C13H19ClFN. The Balaban J connectivity index is 2.51. The van der Waals surface area contributed by atoms with Gasteiger partial charge in [-0.1, -0.05) is 37.9 Å². The highest BCUT2D eigenvalue weighted by molar-refractivity contribution is 6.30. The summed E-state index contributed by atoms with van der Waals surface area (Å²) < 4.78 is 12.9. The summed E-state index contributed by atoms with van der Waals surface area (Å²) in [6.45, 7) is 7.29. The maximum absolute atomic E-state index is 12.9. The Labute approximate surface area is 102 Å². The number of hydrogen-bond donors (Lipinski definition) is 1. The van der Waals surface area contributed by atoms with Crippen molar-refractivity contribution in [2.24, 2.45) is 5.92 Å². The molecule has 0 aliphatic heterocycles. The summed E-state index contributed by atoms with van der Waals surface area (Å²) in [6.07, 6.45) is 1.15.